The third-order valence-corrected chi connectivity index (χ3v) is 3.15. The highest BCUT2D eigenvalue weighted by molar-refractivity contribution is 5.94. The summed E-state index contributed by atoms with van der Waals surface area (Å²) in [6, 6.07) is 1.65. The molecular formula is C17H29N3O5. The predicted molar refractivity (Wildman–Crippen MR) is 94.1 cm³/mol. The van der Waals surface area contributed by atoms with Gasteiger partial charge in [0.25, 0.3) is 0 Å². The van der Waals surface area contributed by atoms with Crippen molar-refractivity contribution in [3.05, 3.63) is 18.1 Å². The summed E-state index contributed by atoms with van der Waals surface area (Å²) < 4.78 is 21.3. The molecule has 0 aliphatic heterocycles. The van der Waals surface area contributed by atoms with Crippen LogP contribution in [0.2, 0.25) is 0 Å². The van der Waals surface area contributed by atoms with Gasteiger partial charge in [-0.1, -0.05) is 6.92 Å². The molecule has 142 valence electrons. The zero-order valence-electron chi connectivity index (χ0n) is 15.2. The fraction of sp³-hybridized carbons (Fsp3) is 0.706. The number of carbonyl (C=O) groups is 1. The molecule has 0 aromatic carbocycles. The molecule has 0 unspecified atom stereocenters. The summed E-state index contributed by atoms with van der Waals surface area (Å²) >= 11 is 0. The SMILES string of the molecule is CCOCCOCCOCCOCCNc1cc(C(=O)CC)ncn1. The van der Waals surface area contributed by atoms with Gasteiger partial charge in [0.15, 0.2) is 5.78 Å². The van der Waals surface area contributed by atoms with Crippen LogP contribution in [0.15, 0.2) is 12.4 Å². The number of aromatic nitrogens is 2. The lowest BCUT2D eigenvalue weighted by Gasteiger charge is -2.08. The van der Waals surface area contributed by atoms with Gasteiger partial charge >= 0.3 is 0 Å². The Bertz CT molecular complexity index is 473. The Morgan fingerprint density at radius 2 is 1.52 bits per heavy atom. The summed E-state index contributed by atoms with van der Waals surface area (Å²) in [5.41, 5.74) is 0.429. The van der Waals surface area contributed by atoms with Crippen molar-refractivity contribution < 1.29 is 23.7 Å². The lowest BCUT2D eigenvalue weighted by molar-refractivity contribution is 0.000609. The van der Waals surface area contributed by atoms with Crippen molar-refractivity contribution in [3.8, 4) is 0 Å². The number of rotatable bonds is 16. The lowest BCUT2D eigenvalue weighted by Crippen LogP contribution is -2.15. The summed E-state index contributed by atoms with van der Waals surface area (Å²) in [6.07, 6.45) is 1.81. The van der Waals surface area contributed by atoms with Gasteiger partial charge in [-0.05, 0) is 6.92 Å². The third kappa shape index (κ3) is 10.8. The van der Waals surface area contributed by atoms with Gasteiger partial charge in [-0.2, -0.15) is 0 Å². The number of carbonyl (C=O) groups excluding carboxylic acids is 1. The molecule has 0 bridgehead atoms. The Balaban J connectivity index is 1.94. The highest BCUT2D eigenvalue weighted by Gasteiger charge is 2.05. The van der Waals surface area contributed by atoms with E-state index in [1.54, 1.807) is 13.0 Å². The fourth-order valence-corrected chi connectivity index (χ4v) is 1.84. The Morgan fingerprint density at radius 3 is 2.12 bits per heavy atom. The van der Waals surface area contributed by atoms with Crippen LogP contribution in [0.1, 0.15) is 30.8 Å². The van der Waals surface area contributed by atoms with Gasteiger partial charge in [0.2, 0.25) is 0 Å². The molecule has 8 nitrogen and oxygen atoms in total. The number of ketones is 1. The summed E-state index contributed by atoms with van der Waals surface area (Å²) in [5.74, 6) is 0.622. The Labute approximate surface area is 149 Å². The summed E-state index contributed by atoms with van der Waals surface area (Å²) in [7, 11) is 0. The van der Waals surface area contributed by atoms with Crippen LogP contribution in [-0.4, -0.2) is 75.2 Å². The maximum Gasteiger partial charge on any atom is 0.181 e. The molecule has 0 radical (unpaired) electrons. The molecule has 0 atom stereocenters. The van der Waals surface area contributed by atoms with E-state index >= 15 is 0 Å². The number of nitrogens with zero attached hydrogens (tertiary/aromatic N) is 2. The monoisotopic (exact) mass is 355 g/mol. The molecule has 1 aromatic rings. The molecule has 0 aliphatic rings. The zero-order valence-corrected chi connectivity index (χ0v) is 15.2. The molecule has 8 heteroatoms. The van der Waals surface area contributed by atoms with Gasteiger partial charge in [-0.25, -0.2) is 9.97 Å². The first-order valence-electron chi connectivity index (χ1n) is 8.68. The van der Waals surface area contributed by atoms with E-state index in [0.717, 1.165) is 0 Å². The third-order valence-electron chi connectivity index (χ3n) is 3.15. The van der Waals surface area contributed by atoms with E-state index in [1.165, 1.54) is 6.33 Å². The van der Waals surface area contributed by atoms with E-state index in [9.17, 15) is 4.79 Å². The average Bonchev–Trinajstić information content (AvgIpc) is 2.65. The van der Waals surface area contributed by atoms with Gasteiger partial charge in [0.05, 0.1) is 46.2 Å². The second-order valence-electron chi connectivity index (χ2n) is 5.03. The van der Waals surface area contributed by atoms with Crippen molar-refractivity contribution in [3.63, 3.8) is 0 Å². The van der Waals surface area contributed by atoms with Crippen LogP contribution in [0, 0.1) is 0 Å². The minimum atomic E-state index is 0.000665. The normalized spacial score (nSPS) is 10.8. The standard InChI is InChI=1S/C17H29N3O5/c1-3-16(21)15-13-17(20-14-19-15)18-5-6-23-9-10-25-12-11-24-8-7-22-4-2/h13-14H,3-12H2,1-2H3,(H,18,19,20). The maximum absolute atomic E-state index is 11.6. The van der Waals surface area contributed by atoms with Gasteiger partial charge in [0.1, 0.15) is 17.8 Å². The predicted octanol–water partition coefficient (Wildman–Crippen LogP) is 1.57. The van der Waals surface area contributed by atoms with E-state index in [4.69, 9.17) is 18.9 Å². The molecule has 0 amide bonds. The molecular weight excluding hydrogens is 326 g/mol. The molecule has 0 saturated heterocycles. The van der Waals surface area contributed by atoms with Crippen LogP contribution in [-0.2, 0) is 18.9 Å². The molecule has 0 saturated carbocycles. The largest absolute Gasteiger partial charge is 0.379 e. The Kier molecular flexibility index (Phi) is 12.6. The molecule has 0 aliphatic carbocycles. The Morgan fingerprint density at radius 1 is 0.920 bits per heavy atom. The fourth-order valence-electron chi connectivity index (χ4n) is 1.84. The van der Waals surface area contributed by atoms with Crippen LogP contribution in [0.25, 0.3) is 0 Å². The molecule has 1 aromatic heterocycles. The van der Waals surface area contributed by atoms with Gasteiger partial charge in [0, 0.05) is 25.6 Å². The van der Waals surface area contributed by atoms with Crippen molar-refractivity contribution >= 4 is 11.6 Å². The van der Waals surface area contributed by atoms with E-state index < -0.39 is 0 Å². The van der Waals surface area contributed by atoms with E-state index in [1.807, 2.05) is 6.92 Å². The van der Waals surface area contributed by atoms with Crippen molar-refractivity contribution in [1.82, 2.24) is 9.97 Å². The molecule has 0 spiro atoms. The number of hydrogen-bond acceptors (Lipinski definition) is 8. The molecule has 1 heterocycles. The van der Waals surface area contributed by atoms with Gasteiger partial charge in [-0.15, -0.1) is 0 Å². The quantitative estimate of drug-likeness (QED) is 0.353. The lowest BCUT2D eigenvalue weighted by atomic mass is 10.2. The van der Waals surface area contributed by atoms with Crippen LogP contribution in [0.3, 0.4) is 0 Å². The molecule has 1 N–H and O–H groups in total. The number of ether oxygens (including phenoxy) is 4. The minimum absolute atomic E-state index is 0.000665. The van der Waals surface area contributed by atoms with Crippen molar-refractivity contribution in [1.29, 1.82) is 0 Å². The van der Waals surface area contributed by atoms with Crippen LogP contribution < -0.4 is 5.32 Å². The van der Waals surface area contributed by atoms with Crippen molar-refractivity contribution in [2.45, 2.75) is 20.3 Å². The second kappa shape index (κ2) is 14.7. The molecule has 25 heavy (non-hydrogen) atoms. The molecule has 1 rings (SSSR count). The summed E-state index contributed by atoms with van der Waals surface area (Å²) in [4.78, 5) is 19.6. The smallest absolute Gasteiger partial charge is 0.181 e. The van der Waals surface area contributed by atoms with Gasteiger partial charge in [-0.3, -0.25) is 4.79 Å². The second-order valence-corrected chi connectivity index (χ2v) is 5.03. The highest BCUT2D eigenvalue weighted by Crippen LogP contribution is 2.05. The van der Waals surface area contributed by atoms with E-state index in [2.05, 4.69) is 15.3 Å². The summed E-state index contributed by atoms with van der Waals surface area (Å²) in [6.45, 7) is 8.94. The first-order chi connectivity index (χ1) is 12.3. The zero-order chi connectivity index (χ0) is 18.2. The number of hydrogen-bond donors (Lipinski definition) is 1. The van der Waals surface area contributed by atoms with Crippen LogP contribution in [0.4, 0.5) is 5.82 Å². The van der Waals surface area contributed by atoms with Crippen molar-refractivity contribution in [2.75, 3.05) is 64.7 Å². The number of Topliss-reactive ketones (excluding diaryl/α,β-unsaturated/α-hetero) is 1. The number of anilines is 1. The van der Waals surface area contributed by atoms with E-state index in [-0.39, 0.29) is 5.78 Å². The minimum Gasteiger partial charge on any atom is -0.379 e. The van der Waals surface area contributed by atoms with Crippen LogP contribution >= 0.6 is 0 Å². The Hall–Kier alpha value is -1.61. The van der Waals surface area contributed by atoms with Gasteiger partial charge < -0.3 is 24.3 Å². The van der Waals surface area contributed by atoms with Crippen LogP contribution in [0.5, 0.6) is 0 Å². The summed E-state index contributed by atoms with van der Waals surface area (Å²) in [5, 5.41) is 3.10. The van der Waals surface area contributed by atoms with E-state index in [0.29, 0.717) is 77.3 Å². The topological polar surface area (TPSA) is 91.8 Å². The first-order valence-corrected chi connectivity index (χ1v) is 8.68. The number of nitrogens with one attached hydrogen (secondary N) is 1. The average molecular weight is 355 g/mol. The highest BCUT2D eigenvalue weighted by atomic mass is 16.6. The maximum atomic E-state index is 11.6. The van der Waals surface area contributed by atoms with Crippen molar-refractivity contribution in [2.24, 2.45) is 0 Å². The first kappa shape index (κ1) is 21.4. The molecule has 0 fully saturated rings.